The zero-order valence-electron chi connectivity index (χ0n) is 13.8. The maximum absolute atomic E-state index is 5.90. The zero-order valence-corrected chi connectivity index (χ0v) is 13.8. The van der Waals surface area contributed by atoms with Crippen LogP contribution in [0.4, 0.5) is 0 Å². The first kappa shape index (κ1) is 16.1. The van der Waals surface area contributed by atoms with E-state index in [4.69, 9.17) is 9.47 Å². The second kappa shape index (κ2) is 6.65. The fraction of sp³-hybridized carbons (Fsp3) is 0.706. The molecular weight excluding hydrogens is 264 g/mol. The quantitative estimate of drug-likeness (QED) is 0.872. The van der Waals surface area contributed by atoms with Crippen LogP contribution >= 0.6 is 0 Å². The van der Waals surface area contributed by atoms with Crippen molar-refractivity contribution in [2.24, 2.45) is 5.41 Å². The van der Waals surface area contributed by atoms with Crippen LogP contribution in [0.2, 0.25) is 0 Å². The van der Waals surface area contributed by atoms with E-state index in [-0.39, 0.29) is 11.5 Å². The van der Waals surface area contributed by atoms with Gasteiger partial charge < -0.3 is 14.8 Å². The van der Waals surface area contributed by atoms with Crippen molar-refractivity contribution in [3.8, 4) is 11.6 Å². The minimum Gasteiger partial charge on any atom is -0.493 e. The third-order valence-electron chi connectivity index (χ3n) is 3.33. The third kappa shape index (κ3) is 5.54. The number of hydrogen-bond acceptors (Lipinski definition) is 4. The van der Waals surface area contributed by atoms with Crippen molar-refractivity contribution >= 4 is 0 Å². The first-order chi connectivity index (χ1) is 9.82. The average Bonchev–Trinajstić information content (AvgIpc) is 2.33. The molecule has 1 aromatic heterocycles. The third-order valence-corrected chi connectivity index (χ3v) is 3.33. The van der Waals surface area contributed by atoms with Crippen LogP contribution in [0, 0.1) is 5.41 Å². The van der Waals surface area contributed by atoms with Crippen molar-refractivity contribution in [1.82, 2.24) is 10.3 Å². The highest BCUT2D eigenvalue weighted by Crippen LogP contribution is 2.27. The lowest BCUT2D eigenvalue weighted by atomic mass is 9.89. The molecule has 1 saturated carbocycles. The van der Waals surface area contributed by atoms with Crippen molar-refractivity contribution in [3.05, 3.63) is 18.3 Å². The van der Waals surface area contributed by atoms with Crippen molar-refractivity contribution in [1.29, 1.82) is 0 Å². The van der Waals surface area contributed by atoms with Gasteiger partial charge in [0.2, 0.25) is 5.88 Å². The fourth-order valence-electron chi connectivity index (χ4n) is 2.29. The molecule has 1 fully saturated rings. The molecule has 0 bridgehead atoms. The standard InChI is InChI=1S/C17H28N2O2/c1-12(2)19-13-8-15(9-13)21-16-10-14(6-7-18-16)20-11-17(3,4)5/h6-7,10,12-13,15,19H,8-9,11H2,1-5H3/t13-,15+. The van der Waals surface area contributed by atoms with Gasteiger partial charge in [-0.25, -0.2) is 4.98 Å². The molecule has 2 rings (SSSR count). The second-order valence-electron chi connectivity index (χ2n) is 7.41. The monoisotopic (exact) mass is 292 g/mol. The largest absolute Gasteiger partial charge is 0.493 e. The summed E-state index contributed by atoms with van der Waals surface area (Å²) in [6.45, 7) is 11.5. The molecule has 0 aromatic carbocycles. The fourth-order valence-corrected chi connectivity index (χ4v) is 2.29. The summed E-state index contributed by atoms with van der Waals surface area (Å²) in [7, 11) is 0. The van der Waals surface area contributed by atoms with Crippen molar-refractivity contribution in [3.63, 3.8) is 0 Å². The van der Waals surface area contributed by atoms with E-state index < -0.39 is 0 Å². The van der Waals surface area contributed by atoms with Gasteiger partial charge in [-0.2, -0.15) is 0 Å². The lowest BCUT2D eigenvalue weighted by Gasteiger charge is -2.36. The van der Waals surface area contributed by atoms with E-state index >= 15 is 0 Å². The lowest BCUT2D eigenvalue weighted by molar-refractivity contribution is 0.0767. The predicted molar refractivity (Wildman–Crippen MR) is 84.9 cm³/mol. The van der Waals surface area contributed by atoms with E-state index in [2.05, 4.69) is 44.9 Å². The maximum atomic E-state index is 5.90. The Labute approximate surface area is 128 Å². The summed E-state index contributed by atoms with van der Waals surface area (Å²) in [6, 6.07) is 4.87. The van der Waals surface area contributed by atoms with Gasteiger partial charge in [-0.05, 0) is 24.3 Å². The van der Waals surface area contributed by atoms with Crippen molar-refractivity contribution < 1.29 is 9.47 Å². The molecule has 4 nitrogen and oxygen atoms in total. The molecule has 21 heavy (non-hydrogen) atoms. The Morgan fingerprint density at radius 1 is 1.33 bits per heavy atom. The molecule has 0 amide bonds. The Morgan fingerprint density at radius 2 is 2.05 bits per heavy atom. The zero-order chi connectivity index (χ0) is 15.5. The van der Waals surface area contributed by atoms with Gasteiger partial charge >= 0.3 is 0 Å². The summed E-state index contributed by atoms with van der Waals surface area (Å²) >= 11 is 0. The van der Waals surface area contributed by atoms with E-state index in [0.29, 0.717) is 24.6 Å². The summed E-state index contributed by atoms with van der Waals surface area (Å²) < 4.78 is 11.7. The van der Waals surface area contributed by atoms with Gasteiger partial charge in [-0.15, -0.1) is 0 Å². The van der Waals surface area contributed by atoms with Crippen LogP contribution < -0.4 is 14.8 Å². The van der Waals surface area contributed by atoms with Crippen LogP contribution in [0.1, 0.15) is 47.5 Å². The molecule has 1 N–H and O–H groups in total. The minimum absolute atomic E-state index is 0.147. The summed E-state index contributed by atoms with van der Waals surface area (Å²) in [5.41, 5.74) is 0.147. The van der Waals surface area contributed by atoms with E-state index in [9.17, 15) is 0 Å². The minimum atomic E-state index is 0.147. The van der Waals surface area contributed by atoms with Crippen LogP contribution in [-0.2, 0) is 0 Å². The Hall–Kier alpha value is -1.29. The molecule has 0 unspecified atom stereocenters. The first-order valence-electron chi connectivity index (χ1n) is 7.83. The predicted octanol–water partition coefficient (Wildman–Crippen LogP) is 3.41. The van der Waals surface area contributed by atoms with Gasteiger partial charge in [0.05, 0.1) is 6.61 Å². The smallest absolute Gasteiger partial charge is 0.217 e. The summed E-state index contributed by atoms with van der Waals surface area (Å²) in [4.78, 5) is 4.27. The van der Waals surface area contributed by atoms with Gasteiger partial charge in [-0.1, -0.05) is 34.6 Å². The van der Waals surface area contributed by atoms with Gasteiger partial charge in [0.15, 0.2) is 0 Å². The van der Waals surface area contributed by atoms with Gasteiger partial charge in [0.1, 0.15) is 11.9 Å². The van der Waals surface area contributed by atoms with Crippen LogP contribution in [0.15, 0.2) is 18.3 Å². The first-order valence-corrected chi connectivity index (χ1v) is 7.83. The Bertz CT molecular complexity index is 448. The van der Waals surface area contributed by atoms with Crippen molar-refractivity contribution in [2.75, 3.05) is 6.61 Å². The highest BCUT2D eigenvalue weighted by Gasteiger charge is 2.31. The molecule has 0 radical (unpaired) electrons. The van der Waals surface area contributed by atoms with Crippen LogP contribution in [0.5, 0.6) is 11.6 Å². The summed E-state index contributed by atoms with van der Waals surface area (Å²) in [6.07, 6.45) is 4.11. The molecule has 0 spiro atoms. The highest BCUT2D eigenvalue weighted by molar-refractivity contribution is 5.26. The summed E-state index contributed by atoms with van der Waals surface area (Å²) in [5.74, 6) is 1.49. The van der Waals surface area contributed by atoms with Gasteiger partial charge in [0, 0.05) is 24.3 Å². The molecule has 1 aliphatic carbocycles. The molecule has 1 heterocycles. The Morgan fingerprint density at radius 3 is 2.67 bits per heavy atom. The molecule has 0 atom stereocenters. The van der Waals surface area contributed by atoms with Crippen LogP contribution in [0.3, 0.4) is 0 Å². The Kier molecular flexibility index (Phi) is 5.09. The molecule has 1 aromatic rings. The average molecular weight is 292 g/mol. The molecule has 1 aliphatic rings. The molecule has 118 valence electrons. The topological polar surface area (TPSA) is 43.4 Å². The second-order valence-corrected chi connectivity index (χ2v) is 7.41. The van der Waals surface area contributed by atoms with Crippen LogP contribution in [-0.4, -0.2) is 29.8 Å². The number of rotatable bonds is 6. The SMILES string of the molecule is CC(C)N[C@H]1C[C@@H](Oc2cc(OCC(C)(C)C)ccn2)C1. The van der Waals surface area contributed by atoms with E-state index in [1.165, 1.54) is 0 Å². The van der Waals surface area contributed by atoms with E-state index in [1.807, 2.05) is 12.1 Å². The highest BCUT2D eigenvalue weighted by atomic mass is 16.5. The number of nitrogens with one attached hydrogen (secondary N) is 1. The van der Waals surface area contributed by atoms with E-state index in [0.717, 1.165) is 18.6 Å². The number of ether oxygens (including phenoxy) is 2. The van der Waals surface area contributed by atoms with Crippen LogP contribution in [0.25, 0.3) is 0 Å². The Balaban J connectivity index is 1.80. The lowest BCUT2D eigenvalue weighted by Crippen LogP contribution is -2.49. The van der Waals surface area contributed by atoms with Crippen molar-refractivity contribution in [2.45, 2.75) is 65.6 Å². The number of hydrogen-bond donors (Lipinski definition) is 1. The normalized spacial score (nSPS) is 22.0. The van der Waals surface area contributed by atoms with Gasteiger partial charge in [-0.3, -0.25) is 0 Å². The molecule has 0 aliphatic heterocycles. The van der Waals surface area contributed by atoms with E-state index in [1.54, 1.807) is 6.20 Å². The molecular formula is C17H28N2O2. The number of nitrogens with zero attached hydrogens (tertiary/aromatic N) is 1. The molecule has 0 saturated heterocycles. The van der Waals surface area contributed by atoms with Gasteiger partial charge in [0.25, 0.3) is 0 Å². The maximum Gasteiger partial charge on any atom is 0.217 e. The summed E-state index contributed by atoms with van der Waals surface area (Å²) in [5, 5.41) is 3.52. The molecule has 4 heteroatoms. The number of aromatic nitrogens is 1. The number of pyridine rings is 1.